The van der Waals surface area contributed by atoms with E-state index in [2.05, 4.69) is 4.98 Å². The standard InChI is InChI=1S/C11H12N2O2S2/c12-8-3-4-9-10(5-8)16-11(13-9)17(14,15)6-7-1-2-7/h3-5,7H,1-2,6,12H2. The van der Waals surface area contributed by atoms with Crippen LogP contribution < -0.4 is 5.73 Å². The SMILES string of the molecule is Nc1ccc2nc(S(=O)(=O)CC3CC3)sc2c1. The molecule has 1 aromatic carbocycles. The van der Waals surface area contributed by atoms with E-state index >= 15 is 0 Å². The van der Waals surface area contributed by atoms with Crippen molar-refractivity contribution in [3.05, 3.63) is 18.2 Å². The Bertz CT molecular complexity index is 672. The van der Waals surface area contributed by atoms with Crippen molar-refractivity contribution in [3.63, 3.8) is 0 Å². The third-order valence-electron chi connectivity index (χ3n) is 2.81. The first-order valence-electron chi connectivity index (χ1n) is 5.43. The number of nitrogens with zero attached hydrogens (tertiary/aromatic N) is 1. The lowest BCUT2D eigenvalue weighted by molar-refractivity contribution is 0.592. The van der Waals surface area contributed by atoms with Crippen LogP contribution in [0.5, 0.6) is 0 Å². The number of nitrogen functional groups attached to an aromatic ring is 1. The lowest BCUT2D eigenvalue weighted by Crippen LogP contribution is -2.07. The van der Waals surface area contributed by atoms with E-state index in [0.29, 0.717) is 17.1 Å². The molecule has 0 amide bonds. The number of sulfone groups is 1. The smallest absolute Gasteiger partial charge is 0.210 e. The Balaban J connectivity index is 2.05. The number of rotatable bonds is 3. The van der Waals surface area contributed by atoms with Crippen LogP contribution in [0.15, 0.2) is 22.5 Å². The number of benzene rings is 1. The minimum atomic E-state index is -3.21. The second-order valence-electron chi connectivity index (χ2n) is 4.43. The summed E-state index contributed by atoms with van der Waals surface area (Å²) in [5.74, 6) is 0.583. The highest BCUT2D eigenvalue weighted by molar-refractivity contribution is 7.93. The van der Waals surface area contributed by atoms with Crippen LogP contribution in [0.2, 0.25) is 0 Å². The molecule has 1 fully saturated rings. The van der Waals surface area contributed by atoms with E-state index in [9.17, 15) is 8.42 Å². The number of nitrogens with two attached hydrogens (primary N) is 1. The van der Waals surface area contributed by atoms with Crippen molar-refractivity contribution in [2.24, 2.45) is 5.92 Å². The third-order valence-corrected chi connectivity index (χ3v) is 6.17. The number of aromatic nitrogens is 1. The molecular formula is C11H12N2O2S2. The van der Waals surface area contributed by atoms with Gasteiger partial charge in [0.2, 0.25) is 14.2 Å². The fourth-order valence-corrected chi connectivity index (χ4v) is 4.78. The van der Waals surface area contributed by atoms with E-state index in [1.165, 1.54) is 11.3 Å². The average Bonchev–Trinajstić information content (AvgIpc) is 2.94. The molecule has 2 N–H and O–H groups in total. The van der Waals surface area contributed by atoms with Crippen molar-refractivity contribution in [2.75, 3.05) is 11.5 Å². The summed E-state index contributed by atoms with van der Waals surface area (Å²) in [5, 5.41) is 0. The van der Waals surface area contributed by atoms with Crippen LogP contribution in [-0.2, 0) is 9.84 Å². The Labute approximate surface area is 103 Å². The molecule has 0 atom stereocenters. The van der Waals surface area contributed by atoms with E-state index in [0.717, 1.165) is 17.5 Å². The lowest BCUT2D eigenvalue weighted by atomic mass is 10.3. The maximum absolute atomic E-state index is 12.1. The normalized spacial score (nSPS) is 16.5. The molecule has 0 saturated heterocycles. The van der Waals surface area contributed by atoms with Gasteiger partial charge in [0.05, 0.1) is 16.0 Å². The summed E-state index contributed by atoms with van der Waals surface area (Å²) < 4.78 is 25.2. The zero-order chi connectivity index (χ0) is 12.0. The zero-order valence-electron chi connectivity index (χ0n) is 9.09. The molecule has 1 aliphatic carbocycles. The van der Waals surface area contributed by atoms with Gasteiger partial charge in [-0.2, -0.15) is 0 Å². The summed E-state index contributed by atoms with van der Waals surface area (Å²) in [6, 6.07) is 5.26. The molecule has 6 heteroatoms. The van der Waals surface area contributed by atoms with Crippen molar-refractivity contribution >= 4 is 37.1 Å². The first-order chi connectivity index (χ1) is 8.04. The van der Waals surface area contributed by atoms with Gasteiger partial charge >= 0.3 is 0 Å². The summed E-state index contributed by atoms with van der Waals surface area (Å²) in [6.45, 7) is 0. The highest BCUT2D eigenvalue weighted by Crippen LogP contribution is 2.34. The van der Waals surface area contributed by atoms with Crippen LogP contribution in [0.25, 0.3) is 10.2 Å². The van der Waals surface area contributed by atoms with E-state index in [-0.39, 0.29) is 10.1 Å². The molecule has 1 heterocycles. The number of hydrogen-bond donors (Lipinski definition) is 1. The summed E-state index contributed by atoms with van der Waals surface area (Å²) in [7, 11) is -3.21. The first kappa shape index (κ1) is 11.0. The van der Waals surface area contributed by atoms with Gasteiger partial charge in [0.25, 0.3) is 0 Å². The predicted octanol–water partition coefficient (Wildman–Crippen LogP) is 2.06. The van der Waals surface area contributed by atoms with Crippen molar-refractivity contribution in [3.8, 4) is 0 Å². The summed E-state index contributed by atoms with van der Waals surface area (Å²) in [4.78, 5) is 4.18. The van der Waals surface area contributed by atoms with Crippen molar-refractivity contribution in [2.45, 2.75) is 17.2 Å². The van der Waals surface area contributed by atoms with E-state index in [1.807, 2.05) is 0 Å². The second-order valence-corrected chi connectivity index (χ2v) is 7.67. The first-order valence-corrected chi connectivity index (χ1v) is 7.90. The molecule has 0 bridgehead atoms. The monoisotopic (exact) mass is 268 g/mol. The van der Waals surface area contributed by atoms with E-state index in [4.69, 9.17) is 5.73 Å². The minimum absolute atomic E-state index is 0.227. The number of fused-ring (bicyclic) bond motifs is 1. The van der Waals surface area contributed by atoms with Gasteiger partial charge in [-0.25, -0.2) is 13.4 Å². The molecule has 17 heavy (non-hydrogen) atoms. The quantitative estimate of drug-likeness (QED) is 0.865. The van der Waals surface area contributed by atoms with Gasteiger partial charge in [0.1, 0.15) is 0 Å². The molecular weight excluding hydrogens is 256 g/mol. The van der Waals surface area contributed by atoms with E-state index in [1.54, 1.807) is 18.2 Å². The molecule has 1 saturated carbocycles. The molecule has 0 aliphatic heterocycles. The molecule has 2 aromatic rings. The Morgan fingerprint density at radius 1 is 1.41 bits per heavy atom. The zero-order valence-corrected chi connectivity index (χ0v) is 10.7. The Morgan fingerprint density at radius 3 is 2.88 bits per heavy atom. The van der Waals surface area contributed by atoms with Crippen LogP contribution in [0.4, 0.5) is 5.69 Å². The maximum atomic E-state index is 12.1. The van der Waals surface area contributed by atoms with Gasteiger partial charge in [-0.3, -0.25) is 0 Å². The number of hydrogen-bond acceptors (Lipinski definition) is 5. The topological polar surface area (TPSA) is 73.0 Å². The predicted molar refractivity (Wildman–Crippen MR) is 68.8 cm³/mol. The van der Waals surface area contributed by atoms with Crippen LogP contribution in [0, 0.1) is 5.92 Å². The van der Waals surface area contributed by atoms with Crippen molar-refractivity contribution in [1.29, 1.82) is 0 Å². The van der Waals surface area contributed by atoms with Gasteiger partial charge in [-0.15, -0.1) is 11.3 Å². The van der Waals surface area contributed by atoms with Gasteiger partial charge in [0.15, 0.2) is 0 Å². The molecule has 1 aliphatic rings. The van der Waals surface area contributed by atoms with E-state index < -0.39 is 9.84 Å². The maximum Gasteiger partial charge on any atom is 0.210 e. The lowest BCUT2D eigenvalue weighted by Gasteiger charge is -1.96. The second kappa shape index (κ2) is 3.68. The Kier molecular flexibility index (Phi) is 2.38. The molecule has 0 unspecified atom stereocenters. The highest BCUT2D eigenvalue weighted by Gasteiger charge is 2.30. The fourth-order valence-electron chi connectivity index (χ4n) is 1.72. The molecule has 1 aromatic heterocycles. The molecule has 4 nitrogen and oxygen atoms in total. The Morgan fingerprint density at radius 2 is 2.18 bits per heavy atom. The molecule has 0 radical (unpaired) electrons. The van der Waals surface area contributed by atoms with Crippen LogP contribution in [0.1, 0.15) is 12.8 Å². The van der Waals surface area contributed by atoms with Gasteiger partial charge < -0.3 is 5.73 Å². The summed E-state index contributed by atoms with van der Waals surface area (Å²) in [6.07, 6.45) is 2.05. The molecule has 3 rings (SSSR count). The van der Waals surface area contributed by atoms with Crippen LogP contribution in [-0.4, -0.2) is 19.2 Å². The van der Waals surface area contributed by atoms with Gasteiger partial charge in [-0.05, 0) is 37.0 Å². The van der Waals surface area contributed by atoms with Gasteiger partial charge in [-0.1, -0.05) is 0 Å². The fraction of sp³-hybridized carbons (Fsp3) is 0.364. The van der Waals surface area contributed by atoms with Crippen LogP contribution >= 0.6 is 11.3 Å². The highest BCUT2D eigenvalue weighted by atomic mass is 32.2. The third kappa shape index (κ3) is 2.14. The number of thiazole rings is 1. The Hall–Kier alpha value is -1.14. The largest absolute Gasteiger partial charge is 0.399 e. The van der Waals surface area contributed by atoms with Crippen LogP contribution in [0.3, 0.4) is 0 Å². The van der Waals surface area contributed by atoms with Crippen molar-refractivity contribution in [1.82, 2.24) is 4.98 Å². The molecule has 90 valence electrons. The summed E-state index contributed by atoms with van der Waals surface area (Å²) in [5.41, 5.74) is 7.00. The minimum Gasteiger partial charge on any atom is -0.399 e. The van der Waals surface area contributed by atoms with Crippen molar-refractivity contribution < 1.29 is 8.42 Å². The molecule has 0 spiro atoms. The number of anilines is 1. The summed E-state index contributed by atoms with van der Waals surface area (Å²) >= 11 is 1.21. The average molecular weight is 268 g/mol. The van der Waals surface area contributed by atoms with Gasteiger partial charge in [0, 0.05) is 5.69 Å².